The summed E-state index contributed by atoms with van der Waals surface area (Å²) >= 11 is 1.73. The first-order valence-corrected chi connectivity index (χ1v) is 5.03. The van der Waals surface area contributed by atoms with Crippen LogP contribution in [0.1, 0.15) is 19.3 Å². The standard InChI is InChI=1S/C7H12FIN2O/c8-7(5-6(12)11-9)1-3-10-4-2-7/h10H,1-5H2,(H,11,12). The highest BCUT2D eigenvalue weighted by atomic mass is 127. The first-order chi connectivity index (χ1) is 5.66. The van der Waals surface area contributed by atoms with Gasteiger partial charge in [-0.3, -0.25) is 8.32 Å². The summed E-state index contributed by atoms with van der Waals surface area (Å²) in [6.07, 6.45) is 0.881. The number of rotatable bonds is 2. The van der Waals surface area contributed by atoms with Gasteiger partial charge in [-0.15, -0.1) is 0 Å². The minimum Gasteiger partial charge on any atom is -0.316 e. The van der Waals surface area contributed by atoms with Crippen molar-refractivity contribution in [2.45, 2.75) is 24.9 Å². The first kappa shape index (κ1) is 10.2. The maximum atomic E-state index is 13.7. The van der Waals surface area contributed by atoms with Crippen molar-refractivity contribution in [3.8, 4) is 0 Å². The fourth-order valence-electron chi connectivity index (χ4n) is 1.37. The number of hydrogen-bond donors (Lipinski definition) is 2. The van der Waals surface area contributed by atoms with Crippen molar-refractivity contribution in [3.05, 3.63) is 0 Å². The summed E-state index contributed by atoms with van der Waals surface area (Å²) in [4.78, 5) is 10.9. The molecule has 0 aliphatic carbocycles. The molecule has 0 saturated carbocycles. The molecule has 1 heterocycles. The van der Waals surface area contributed by atoms with Crippen LogP contribution in [-0.2, 0) is 4.79 Å². The van der Waals surface area contributed by atoms with Crippen molar-refractivity contribution in [1.29, 1.82) is 0 Å². The van der Waals surface area contributed by atoms with Gasteiger partial charge in [0.25, 0.3) is 0 Å². The van der Waals surface area contributed by atoms with Crippen LogP contribution < -0.4 is 8.85 Å². The van der Waals surface area contributed by atoms with Gasteiger partial charge in [0, 0.05) is 0 Å². The molecule has 0 aromatic carbocycles. The van der Waals surface area contributed by atoms with Gasteiger partial charge in [0.2, 0.25) is 5.91 Å². The van der Waals surface area contributed by atoms with Crippen LogP contribution in [0, 0.1) is 0 Å². The van der Waals surface area contributed by atoms with Gasteiger partial charge in [-0.1, -0.05) is 0 Å². The van der Waals surface area contributed by atoms with E-state index in [1.807, 2.05) is 0 Å². The summed E-state index contributed by atoms with van der Waals surface area (Å²) in [6, 6.07) is 0. The van der Waals surface area contributed by atoms with Crippen molar-refractivity contribution in [2.24, 2.45) is 0 Å². The Morgan fingerprint density at radius 3 is 2.67 bits per heavy atom. The van der Waals surface area contributed by atoms with Crippen molar-refractivity contribution < 1.29 is 9.18 Å². The molecule has 1 fully saturated rings. The van der Waals surface area contributed by atoms with Gasteiger partial charge in [0.15, 0.2) is 0 Å². The van der Waals surface area contributed by atoms with Gasteiger partial charge < -0.3 is 5.32 Å². The number of carbonyl (C=O) groups excluding carboxylic acids is 1. The van der Waals surface area contributed by atoms with Gasteiger partial charge in [0.1, 0.15) is 5.67 Å². The Balaban J connectivity index is 2.41. The van der Waals surface area contributed by atoms with Gasteiger partial charge in [-0.25, -0.2) is 4.39 Å². The fourth-order valence-corrected chi connectivity index (χ4v) is 1.56. The Bertz CT molecular complexity index is 171. The summed E-state index contributed by atoms with van der Waals surface area (Å²) in [7, 11) is 0. The Kier molecular flexibility index (Phi) is 3.70. The lowest BCUT2D eigenvalue weighted by molar-refractivity contribution is -0.122. The normalized spacial score (nSPS) is 21.8. The molecule has 0 atom stereocenters. The van der Waals surface area contributed by atoms with E-state index in [9.17, 15) is 9.18 Å². The highest BCUT2D eigenvalue weighted by molar-refractivity contribution is 14.1. The van der Waals surface area contributed by atoms with Crippen LogP contribution in [0.3, 0.4) is 0 Å². The third-order valence-corrected chi connectivity index (χ3v) is 2.68. The van der Waals surface area contributed by atoms with Gasteiger partial charge in [0.05, 0.1) is 29.3 Å². The largest absolute Gasteiger partial charge is 0.316 e. The molecule has 1 aliphatic rings. The van der Waals surface area contributed by atoms with Crippen LogP contribution in [0.5, 0.6) is 0 Å². The Labute approximate surface area is 85.0 Å². The first-order valence-electron chi connectivity index (χ1n) is 3.95. The number of hydrogen-bond acceptors (Lipinski definition) is 2. The minimum absolute atomic E-state index is 0.00236. The summed E-state index contributed by atoms with van der Waals surface area (Å²) in [5.74, 6) is -0.222. The molecule has 1 aliphatic heterocycles. The zero-order chi connectivity index (χ0) is 9.03. The Morgan fingerprint density at radius 2 is 2.17 bits per heavy atom. The van der Waals surface area contributed by atoms with Crippen molar-refractivity contribution in [2.75, 3.05) is 13.1 Å². The van der Waals surface area contributed by atoms with E-state index in [1.54, 1.807) is 22.9 Å². The second-order valence-electron chi connectivity index (χ2n) is 3.10. The molecule has 70 valence electrons. The number of halogens is 2. The van der Waals surface area contributed by atoms with Crippen molar-refractivity contribution in [3.63, 3.8) is 0 Å². The van der Waals surface area contributed by atoms with Crippen LogP contribution >= 0.6 is 22.9 Å². The lowest BCUT2D eigenvalue weighted by Crippen LogP contribution is -2.41. The van der Waals surface area contributed by atoms with E-state index >= 15 is 0 Å². The molecule has 5 heteroatoms. The second-order valence-corrected chi connectivity index (χ2v) is 3.63. The summed E-state index contributed by atoms with van der Waals surface area (Å²) in [5, 5.41) is 3.06. The highest BCUT2D eigenvalue weighted by Gasteiger charge is 2.33. The topological polar surface area (TPSA) is 41.1 Å². The monoisotopic (exact) mass is 286 g/mol. The van der Waals surface area contributed by atoms with E-state index < -0.39 is 5.67 Å². The number of piperidine rings is 1. The zero-order valence-electron chi connectivity index (χ0n) is 6.70. The van der Waals surface area contributed by atoms with E-state index in [2.05, 4.69) is 8.85 Å². The summed E-state index contributed by atoms with van der Waals surface area (Å²) < 4.78 is 16.1. The predicted octanol–water partition coefficient (Wildman–Crippen LogP) is 0.934. The number of carbonyl (C=O) groups is 1. The molecule has 1 rings (SSSR count). The zero-order valence-corrected chi connectivity index (χ0v) is 8.86. The van der Waals surface area contributed by atoms with Gasteiger partial charge in [-0.05, 0) is 25.9 Å². The number of alkyl halides is 1. The third-order valence-electron chi connectivity index (χ3n) is 2.08. The molecule has 2 N–H and O–H groups in total. The molecular formula is C7H12FIN2O. The molecule has 0 unspecified atom stereocenters. The number of amides is 1. The minimum atomic E-state index is -1.28. The molecule has 12 heavy (non-hydrogen) atoms. The molecule has 0 aromatic heterocycles. The Morgan fingerprint density at radius 1 is 1.58 bits per heavy atom. The lowest BCUT2D eigenvalue weighted by atomic mass is 9.91. The molecule has 0 spiro atoms. The lowest BCUT2D eigenvalue weighted by Gasteiger charge is -2.28. The van der Waals surface area contributed by atoms with Gasteiger partial charge >= 0.3 is 0 Å². The summed E-state index contributed by atoms with van der Waals surface area (Å²) in [5.41, 5.74) is -1.28. The van der Waals surface area contributed by atoms with E-state index in [1.165, 1.54) is 0 Å². The predicted molar refractivity (Wildman–Crippen MR) is 52.7 cm³/mol. The van der Waals surface area contributed by atoms with E-state index in [4.69, 9.17) is 0 Å². The third kappa shape index (κ3) is 2.85. The maximum absolute atomic E-state index is 13.7. The van der Waals surface area contributed by atoms with Crippen LogP contribution in [0.25, 0.3) is 0 Å². The molecule has 0 aromatic rings. The molecule has 3 nitrogen and oxygen atoms in total. The molecule has 0 bridgehead atoms. The van der Waals surface area contributed by atoms with Crippen LogP contribution in [0.4, 0.5) is 4.39 Å². The van der Waals surface area contributed by atoms with E-state index in [0.717, 1.165) is 0 Å². The SMILES string of the molecule is O=C(CC1(F)CCNCC1)NI. The molecule has 1 saturated heterocycles. The van der Waals surface area contributed by atoms with Crippen LogP contribution in [0.2, 0.25) is 0 Å². The summed E-state index contributed by atoms with van der Waals surface area (Å²) in [6.45, 7) is 1.34. The molecular weight excluding hydrogens is 274 g/mol. The van der Waals surface area contributed by atoms with Crippen molar-refractivity contribution in [1.82, 2.24) is 8.85 Å². The number of nitrogens with one attached hydrogen (secondary N) is 2. The quantitative estimate of drug-likeness (QED) is 0.586. The molecule has 1 amide bonds. The van der Waals surface area contributed by atoms with Crippen LogP contribution in [0.15, 0.2) is 0 Å². The highest BCUT2D eigenvalue weighted by Crippen LogP contribution is 2.26. The average molecular weight is 286 g/mol. The average Bonchev–Trinajstić information content (AvgIpc) is 2.05. The smallest absolute Gasteiger partial charge is 0.231 e. The fraction of sp³-hybridized carbons (Fsp3) is 0.857. The van der Waals surface area contributed by atoms with Gasteiger partial charge in [-0.2, -0.15) is 0 Å². The molecule has 0 radical (unpaired) electrons. The Hall–Kier alpha value is 0.0900. The van der Waals surface area contributed by atoms with E-state index in [-0.39, 0.29) is 12.3 Å². The van der Waals surface area contributed by atoms with Crippen LogP contribution in [-0.4, -0.2) is 24.7 Å². The van der Waals surface area contributed by atoms with Crippen molar-refractivity contribution >= 4 is 28.8 Å². The maximum Gasteiger partial charge on any atom is 0.231 e. The van der Waals surface area contributed by atoms with E-state index in [0.29, 0.717) is 25.9 Å². The second kappa shape index (κ2) is 4.36.